The maximum atomic E-state index is 12.2. The molecule has 0 bridgehead atoms. The lowest BCUT2D eigenvalue weighted by Gasteiger charge is -2.31. The molecule has 0 atom stereocenters. The van der Waals surface area contributed by atoms with Gasteiger partial charge in [0.1, 0.15) is 0 Å². The maximum absolute atomic E-state index is 12.2. The third-order valence-corrected chi connectivity index (χ3v) is 4.59. The van der Waals surface area contributed by atoms with Crippen LogP contribution in [0.5, 0.6) is 0 Å². The lowest BCUT2D eigenvalue weighted by Crippen LogP contribution is -2.45. The lowest BCUT2D eigenvalue weighted by molar-refractivity contribution is 0.561. The van der Waals surface area contributed by atoms with E-state index in [4.69, 9.17) is 5.73 Å². The van der Waals surface area contributed by atoms with Crippen molar-refractivity contribution in [1.82, 2.24) is 4.72 Å². The summed E-state index contributed by atoms with van der Waals surface area (Å²) in [6, 6.07) is 5.32. The van der Waals surface area contributed by atoms with Crippen LogP contribution in [-0.2, 0) is 16.6 Å². The van der Waals surface area contributed by atoms with E-state index in [-0.39, 0.29) is 6.04 Å². The van der Waals surface area contributed by atoms with Crippen LogP contribution in [0.25, 0.3) is 0 Å². The smallest absolute Gasteiger partial charge is 0.301 e. The van der Waals surface area contributed by atoms with Crippen LogP contribution in [0, 0.1) is 0 Å². The van der Waals surface area contributed by atoms with Crippen LogP contribution in [0.1, 0.15) is 25.8 Å². The van der Waals surface area contributed by atoms with Crippen LogP contribution >= 0.6 is 0 Å². The molecule has 0 spiro atoms. The minimum atomic E-state index is -3.48. The molecule has 0 saturated carbocycles. The zero-order chi connectivity index (χ0) is 13.3. The molecule has 0 aliphatic carbocycles. The molecule has 1 aliphatic rings. The molecular formula is C12H19N3O2S. The van der Waals surface area contributed by atoms with E-state index >= 15 is 0 Å². The number of anilines is 2. The number of aryl methyl sites for hydroxylation is 1. The monoisotopic (exact) mass is 269 g/mol. The summed E-state index contributed by atoms with van der Waals surface area (Å²) in [4.78, 5) is 0. The second kappa shape index (κ2) is 4.78. The predicted molar refractivity (Wildman–Crippen MR) is 73.7 cm³/mol. The Morgan fingerprint density at radius 3 is 2.78 bits per heavy atom. The van der Waals surface area contributed by atoms with Gasteiger partial charge < -0.3 is 5.73 Å². The molecule has 2 rings (SSSR count). The number of hydrogen-bond donors (Lipinski definition) is 2. The minimum absolute atomic E-state index is 0.124. The predicted octanol–water partition coefficient (Wildman–Crippen LogP) is 1.26. The molecule has 1 heterocycles. The van der Waals surface area contributed by atoms with Gasteiger partial charge in [-0.25, -0.2) is 0 Å². The fourth-order valence-electron chi connectivity index (χ4n) is 2.17. The highest BCUT2D eigenvalue weighted by molar-refractivity contribution is 7.90. The van der Waals surface area contributed by atoms with E-state index in [0.29, 0.717) is 17.9 Å². The van der Waals surface area contributed by atoms with E-state index in [1.54, 1.807) is 6.07 Å². The molecule has 0 fully saturated rings. The Bertz CT molecular complexity index is 540. The van der Waals surface area contributed by atoms with E-state index in [2.05, 4.69) is 4.72 Å². The first-order chi connectivity index (χ1) is 8.40. The minimum Gasteiger partial charge on any atom is -0.399 e. The van der Waals surface area contributed by atoms with Gasteiger partial charge in [0.05, 0.1) is 5.69 Å². The molecule has 0 radical (unpaired) electrons. The standard InChI is InChI=1S/C12H19N3O2S/c1-9(2)14-18(16,17)15-7-3-4-10-5-6-11(13)8-12(10)15/h5-6,8-9,14H,3-4,7,13H2,1-2H3. The Balaban J connectivity index is 2.41. The second-order valence-electron chi connectivity index (χ2n) is 4.84. The van der Waals surface area contributed by atoms with E-state index in [1.807, 2.05) is 26.0 Å². The quantitative estimate of drug-likeness (QED) is 0.811. The first kappa shape index (κ1) is 13.2. The summed E-state index contributed by atoms with van der Waals surface area (Å²) in [7, 11) is -3.48. The van der Waals surface area contributed by atoms with Gasteiger partial charge in [-0.15, -0.1) is 0 Å². The van der Waals surface area contributed by atoms with Gasteiger partial charge in [0.2, 0.25) is 0 Å². The summed E-state index contributed by atoms with van der Waals surface area (Å²) in [5, 5.41) is 0. The molecule has 6 heteroatoms. The van der Waals surface area contributed by atoms with Crippen LogP contribution in [0.15, 0.2) is 18.2 Å². The first-order valence-electron chi connectivity index (χ1n) is 6.08. The number of nitrogen functional groups attached to an aromatic ring is 1. The summed E-state index contributed by atoms with van der Waals surface area (Å²) >= 11 is 0. The Morgan fingerprint density at radius 1 is 1.39 bits per heavy atom. The normalized spacial score (nSPS) is 15.8. The average molecular weight is 269 g/mol. The van der Waals surface area contributed by atoms with Crippen LogP contribution < -0.4 is 14.8 Å². The van der Waals surface area contributed by atoms with Crippen molar-refractivity contribution in [1.29, 1.82) is 0 Å². The van der Waals surface area contributed by atoms with Crippen molar-refractivity contribution in [2.24, 2.45) is 0 Å². The Labute approximate surface area is 108 Å². The summed E-state index contributed by atoms with van der Waals surface area (Å²) in [6.45, 7) is 4.11. The second-order valence-corrected chi connectivity index (χ2v) is 6.47. The molecule has 0 amide bonds. The van der Waals surface area contributed by atoms with Gasteiger partial charge >= 0.3 is 10.2 Å². The van der Waals surface area contributed by atoms with Gasteiger partial charge in [-0.3, -0.25) is 4.31 Å². The SMILES string of the molecule is CC(C)NS(=O)(=O)N1CCCc2ccc(N)cc21. The van der Waals surface area contributed by atoms with Crippen molar-refractivity contribution in [3.63, 3.8) is 0 Å². The van der Waals surface area contributed by atoms with E-state index in [9.17, 15) is 8.42 Å². The third kappa shape index (κ3) is 2.59. The first-order valence-corrected chi connectivity index (χ1v) is 7.52. The topological polar surface area (TPSA) is 75.4 Å². The summed E-state index contributed by atoms with van der Waals surface area (Å²) in [5.41, 5.74) is 8.07. The van der Waals surface area contributed by atoms with Crippen molar-refractivity contribution in [2.45, 2.75) is 32.7 Å². The highest BCUT2D eigenvalue weighted by Gasteiger charge is 2.27. The number of benzene rings is 1. The number of nitrogens with two attached hydrogens (primary N) is 1. The molecule has 1 aliphatic heterocycles. The molecule has 3 N–H and O–H groups in total. The highest BCUT2D eigenvalue weighted by Crippen LogP contribution is 2.30. The molecule has 100 valence electrons. The maximum Gasteiger partial charge on any atom is 0.301 e. The van der Waals surface area contributed by atoms with Crippen LogP contribution in [0.4, 0.5) is 11.4 Å². The van der Waals surface area contributed by atoms with E-state index < -0.39 is 10.2 Å². The number of nitrogens with zero attached hydrogens (tertiary/aromatic N) is 1. The Kier molecular flexibility index (Phi) is 3.49. The summed E-state index contributed by atoms with van der Waals surface area (Å²) in [5.74, 6) is 0. The lowest BCUT2D eigenvalue weighted by atomic mass is 10.0. The van der Waals surface area contributed by atoms with Crippen molar-refractivity contribution in [2.75, 3.05) is 16.6 Å². The van der Waals surface area contributed by atoms with Gasteiger partial charge in [0.15, 0.2) is 0 Å². The van der Waals surface area contributed by atoms with Crippen molar-refractivity contribution in [3.05, 3.63) is 23.8 Å². The number of rotatable bonds is 3. The van der Waals surface area contributed by atoms with Crippen molar-refractivity contribution < 1.29 is 8.42 Å². The Hall–Kier alpha value is -1.27. The fraction of sp³-hybridized carbons (Fsp3) is 0.500. The third-order valence-electron chi connectivity index (χ3n) is 2.86. The zero-order valence-electron chi connectivity index (χ0n) is 10.7. The molecule has 0 unspecified atom stereocenters. The molecular weight excluding hydrogens is 250 g/mol. The van der Waals surface area contributed by atoms with Gasteiger partial charge in [0.25, 0.3) is 0 Å². The summed E-state index contributed by atoms with van der Waals surface area (Å²) in [6.07, 6.45) is 1.72. The Morgan fingerprint density at radius 2 is 2.11 bits per heavy atom. The fourth-order valence-corrected chi connectivity index (χ4v) is 3.69. The van der Waals surface area contributed by atoms with E-state index in [1.165, 1.54) is 4.31 Å². The highest BCUT2D eigenvalue weighted by atomic mass is 32.2. The van der Waals surface area contributed by atoms with Crippen LogP contribution in [0.2, 0.25) is 0 Å². The average Bonchev–Trinajstić information content (AvgIpc) is 2.26. The molecule has 0 aromatic heterocycles. The molecule has 1 aromatic rings. The number of fused-ring (bicyclic) bond motifs is 1. The van der Waals surface area contributed by atoms with Crippen LogP contribution in [-0.4, -0.2) is 21.0 Å². The number of nitrogens with one attached hydrogen (secondary N) is 1. The van der Waals surface area contributed by atoms with Crippen molar-refractivity contribution >= 4 is 21.6 Å². The van der Waals surface area contributed by atoms with E-state index in [0.717, 1.165) is 18.4 Å². The van der Waals surface area contributed by atoms with Gasteiger partial charge in [-0.2, -0.15) is 13.1 Å². The van der Waals surface area contributed by atoms with Gasteiger partial charge in [0, 0.05) is 18.3 Å². The largest absolute Gasteiger partial charge is 0.399 e. The zero-order valence-corrected chi connectivity index (χ0v) is 11.5. The molecule has 0 saturated heterocycles. The molecule has 1 aromatic carbocycles. The van der Waals surface area contributed by atoms with Crippen LogP contribution in [0.3, 0.4) is 0 Å². The van der Waals surface area contributed by atoms with Crippen molar-refractivity contribution in [3.8, 4) is 0 Å². The summed E-state index contributed by atoms with van der Waals surface area (Å²) < 4.78 is 28.5. The van der Waals surface area contributed by atoms with Gasteiger partial charge in [-0.05, 0) is 44.4 Å². The molecule has 5 nitrogen and oxygen atoms in total. The van der Waals surface area contributed by atoms with Gasteiger partial charge in [-0.1, -0.05) is 6.07 Å². The number of hydrogen-bond acceptors (Lipinski definition) is 3. The molecule has 18 heavy (non-hydrogen) atoms.